The number of nitrogens with one attached hydrogen (secondary N) is 1. The molecule has 2 N–H and O–H groups in total. The molecular formula is C12H23NO. The van der Waals surface area contributed by atoms with Gasteiger partial charge in [0.1, 0.15) is 0 Å². The molecule has 0 radical (unpaired) electrons. The summed E-state index contributed by atoms with van der Waals surface area (Å²) in [7, 11) is 0. The lowest BCUT2D eigenvalue weighted by molar-refractivity contribution is 0.0888. The molecule has 82 valence electrons. The third-order valence-corrected chi connectivity index (χ3v) is 3.27. The van der Waals surface area contributed by atoms with Gasteiger partial charge in [-0.05, 0) is 51.4 Å². The van der Waals surface area contributed by atoms with Gasteiger partial charge in [-0.15, -0.1) is 0 Å². The molecule has 0 amide bonds. The summed E-state index contributed by atoms with van der Waals surface area (Å²) in [6.07, 6.45) is 4.73. The van der Waals surface area contributed by atoms with Crippen molar-refractivity contribution < 1.29 is 5.11 Å². The van der Waals surface area contributed by atoms with Crippen LogP contribution in [0.2, 0.25) is 0 Å². The number of aliphatic hydroxyl groups excluding tert-OH is 1. The Morgan fingerprint density at radius 2 is 2.00 bits per heavy atom. The fourth-order valence-corrected chi connectivity index (χ4v) is 2.19. The highest BCUT2D eigenvalue weighted by molar-refractivity contribution is 4.86. The molecular weight excluding hydrogens is 174 g/mol. The molecule has 1 aliphatic rings. The predicted octanol–water partition coefficient (Wildman–Crippen LogP) is 2.30. The Hall–Kier alpha value is -0.500. The van der Waals surface area contributed by atoms with E-state index in [1.807, 2.05) is 13.8 Å². The summed E-state index contributed by atoms with van der Waals surface area (Å²) in [5.41, 5.74) is 1.06. The first kappa shape index (κ1) is 11.6. The first-order valence-electron chi connectivity index (χ1n) is 5.67. The zero-order valence-corrected chi connectivity index (χ0v) is 9.42. The Balaban J connectivity index is 2.19. The van der Waals surface area contributed by atoms with Crippen molar-refractivity contribution in [2.45, 2.75) is 45.6 Å². The van der Waals surface area contributed by atoms with Crippen molar-refractivity contribution in [3.63, 3.8) is 0 Å². The van der Waals surface area contributed by atoms with Gasteiger partial charge in [-0.1, -0.05) is 6.58 Å². The second-order valence-electron chi connectivity index (χ2n) is 4.68. The number of allylic oxidation sites excluding steroid dienone is 1. The van der Waals surface area contributed by atoms with Gasteiger partial charge in [0.25, 0.3) is 0 Å². The molecule has 0 bridgehead atoms. The van der Waals surface area contributed by atoms with Crippen molar-refractivity contribution in [2.75, 3.05) is 6.54 Å². The van der Waals surface area contributed by atoms with Crippen molar-refractivity contribution >= 4 is 0 Å². The van der Waals surface area contributed by atoms with Crippen LogP contribution in [-0.2, 0) is 0 Å². The van der Waals surface area contributed by atoms with Crippen molar-refractivity contribution in [1.82, 2.24) is 5.32 Å². The van der Waals surface area contributed by atoms with E-state index in [9.17, 15) is 5.11 Å². The molecule has 0 aromatic heterocycles. The number of hydrogen-bond donors (Lipinski definition) is 2. The van der Waals surface area contributed by atoms with Gasteiger partial charge in [-0.2, -0.15) is 0 Å². The molecule has 0 aromatic carbocycles. The molecule has 1 aliphatic carbocycles. The normalized spacial score (nSPS) is 29.6. The first-order chi connectivity index (χ1) is 6.59. The molecule has 1 rings (SSSR count). The monoisotopic (exact) mass is 197 g/mol. The van der Waals surface area contributed by atoms with Crippen molar-refractivity contribution in [3.05, 3.63) is 12.3 Å². The van der Waals surface area contributed by atoms with Gasteiger partial charge in [0, 0.05) is 12.2 Å². The zero-order valence-electron chi connectivity index (χ0n) is 9.42. The molecule has 2 nitrogen and oxygen atoms in total. The minimum absolute atomic E-state index is 0.120. The van der Waals surface area contributed by atoms with Crippen LogP contribution in [0.1, 0.15) is 39.5 Å². The van der Waals surface area contributed by atoms with Crippen LogP contribution in [-0.4, -0.2) is 17.8 Å². The summed E-state index contributed by atoms with van der Waals surface area (Å²) in [5, 5.41) is 12.8. The maximum Gasteiger partial charge on any atom is 0.0540 e. The van der Waals surface area contributed by atoms with Crippen LogP contribution in [0.3, 0.4) is 0 Å². The zero-order chi connectivity index (χ0) is 10.6. The van der Waals surface area contributed by atoms with E-state index in [0.717, 1.165) is 18.2 Å². The van der Waals surface area contributed by atoms with E-state index in [1.54, 1.807) is 0 Å². The topological polar surface area (TPSA) is 32.3 Å². The van der Waals surface area contributed by atoms with E-state index in [0.29, 0.717) is 5.92 Å². The number of rotatable bonds is 4. The largest absolute Gasteiger partial charge is 0.393 e. The summed E-state index contributed by atoms with van der Waals surface area (Å²) in [5.74, 6) is 1.32. The lowest BCUT2D eigenvalue weighted by Gasteiger charge is -2.30. The predicted molar refractivity (Wildman–Crippen MR) is 59.9 cm³/mol. The Bertz CT molecular complexity index is 181. The molecule has 0 heterocycles. The number of aliphatic hydroxyl groups is 1. The summed E-state index contributed by atoms with van der Waals surface area (Å²) in [6.45, 7) is 8.80. The van der Waals surface area contributed by atoms with E-state index >= 15 is 0 Å². The lowest BCUT2D eigenvalue weighted by atomic mass is 9.80. The molecule has 0 saturated heterocycles. The highest BCUT2D eigenvalue weighted by atomic mass is 16.3. The lowest BCUT2D eigenvalue weighted by Crippen LogP contribution is -2.28. The summed E-state index contributed by atoms with van der Waals surface area (Å²) in [4.78, 5) is 0. The first-order valence-corrected chi connectivity index (χ1v) is 5.67. The molecule has 1 unspecified atom stereocenters. The fourth-order valence-electron chi connectivity index (χ4n) is 2.19. The minimum Gasteiger partial charge on any atom is -0.393 e. The van der Waals surface area contributed by atoms with E-state index in [4.69, 9.17) is 0 Å². The van der Waals surface area contributed by atoms with Crippen LogP contribution in [0.15, 0.2) is 12.3 Å². The molecule has 0 aromatic rings. The Morgan fingerprint density at radius 1 is 1.43 bits per heavy atom. The van der Waals surface area contributed by atoms with E-state index in [2.05, 4.69) is 11.9 Å². The van der Waals surface area contributed by atoms with E-state index in [-0.39, 0.29) is 6.10 Å². The van der Waals surface area contributed by atoms with Gasteiger partial charge >= 0.3 is 0 Å². The van der Waals surface area contributed by atoms with Gasteiger partial charge in [0.2, 0.25) is 0 Å². The average Bonchev–Trinajstić information content (AvgIpc) is 2.15. The van der Waals surface area contributed by atoms with Gasteiger partial charge < -0.3 is 10.4 Å². The summed E-state index contributed by atoms with van der Waals surface area (Å²) < 4.78 is 0. The van der Waals surface area contributed by atoms with Crippen LogP contribution in [0.5, 0.6) is 0 Å². The van der Waals surface area contributed by atoms with Gasteiger partial charge in [0.15, 0.2) is 0 Å². The summed E-state index contributed by atoms with van der Waals surface area (Å²) in [6, 6.07) is 0. The SMILES string of the molecule is C=C(C)NCC1CCC(C(C)O)CC1. The number of hydrogen-bond acceptors (Lipinski definition) is 2. The van der Waals surface area contributed by atoms with Gasteiger partial charge in [-0.25, -0.2) is 0 Å². The second-order valence-corrected chi connectivity index (χ2v) is 4.68. The molecule has 0 aliphatic heterocycles. The van der Waals surface area contributed by atoms with Crippen molar-refractivity contribution in [1.29, 1.82) is 0 Å². The van der Waals surface area contributed by atoms with Crippen LogP contribution in [0, 0.1) is 11.8 Å². The van der Waals surface area contributed by atoms with Crippen molar-refractivity contribution in [3.8, 4) is 0 Å². The Kier molecular flexibility index (Phi) is 4.46. The van der Waals surface area contributed by atoms with E-state index in [1.165, 1.54) is 25.7 Å². The molecule has 0 spiro atoms. The molecule has 14 heavy (non-hydrogen) atoms. The maximum atomic E-state index is 9.45. The minimum atomic E-state index is -0.120. The highest BCUT2D eigenvalue weighted by Gasteiger charge is 2.23. The summed E-state index contributed by atoms with van der Waals surface area (Å²) >= 11 is 0. The molecule has 2 heteroatoms. The van der Waals surface area contributed by atoms with Crippen LogP contribution in [0.25, 0.3) is 0 Å². The second kappa shape index (κ2) is 5.40. The Morgan fingerprint density at radius 3 is 2.43 bits per heavy atom. The van der Waals surface area contributed by atoms with Gasteiger partial charge in [0.05, 0.1) is 6.10 Å². The highest BCUT2D eigenvalue weighted by Crippen LogP contribution is 2.30. The van der Waals surface area contributed by atoms with Crippen LogP contribution < -0.4 is 5.32 Å². The molecule has 1 fully saturated rings. The van der Waals surface area contributed by atoms with Crippen LogP contribution >= 0.6 is 0 Å². The Labute approximate surface area is 87.4 Å². The quantitative estimate of drug-likeness (QED) is 0.725. The smallest absolute Gasteiger partial charge is 0.0540 e. The van der Waals surface area contributed by atoms with Gasteiger partial charge in [-0.3, -0.25) is 0 Å². The molecule has 1 atom stereocenters. The van der Waals surface area contributed by atoms with Crippen molar-refractivity contribution in [2.24, 2.45) is 11.8 Å². The van der Waals surface area contributed by atoms with E-state index < -0.39 is 0 Å². The third-order valence-electron chi connectivity index (χ3n) is 3.27. The van der Waals surface area contributed by atoms with Crippen LogP contribution in [0.4, 0.5) is 0 Å². The third kappa shape index (κ3) is 3.70. The molecule has 1 saturated carbocycles. The maximum absolute atomic E-state index is 9.45. The fraction of sp³-hybridized carbons (Fsp3) is 0.833. The standard InChI is InChI=1S/C12H23NO/c1-9(2)13-8-11-4-6-12(7-5-11)10(3)14/h10-14H,1,4-8H2,2-3H3. The average molecular weight is 197 g/mol.